The minimum absolute atomic E-state index is 0.0212. The Labute approximate surface area is 130 Å². The van der Waals surface area contributed by atoms with Crippen LogP contribution in [0.15, 0.2) is 28.2 Å². The lowest BCUT2D eigenvalue weighted by Gasteiger charge is -2.22. The van der Waals surface area contributed by atoms with Crippen molar-refractivity contribution in [2.24, 2.45) is 0 Å². The summed E-state index contributed by atoms with van der Waals surface area (Å²) in [6.07, 6.45) is 7.99. The largest absolute Gasteiger partial charge is 0.462 e. The molecule has 0 atom stereocenters. The van der Waals surface area contributed by atoms with E-state index in [1.54, 1.807) is 17.0 Å². The normalized spacial score (nSPS) is 14.9. The van der Waals surface area contributed by atoms with Gasteiger partial charge in [0, 0.05) is 6.54 Å². The molecule has 1 amide bonds. The molecule has 1 N–H and O–H groups in total. The molecular formula is C16H22ClNO3. The first-order valence-corrected chi connectivity index (χ1v) is 7.96. The average Bonchev–Trinajstić information content (AvgIpc) is 2.99. The van der Waals surface area contributed by atoms with E-state index in [2.05, 4.69) is 6.08 Å². The molecule has 0 aromatic carbocycles. The molecule has 21 heavy (non-hydrogen) atoms. The van der Waals surface area contributed by atoms with E-state index in [0.29, 0.717) is 24.6 Å². The number of rotatable bonds is 7. The fraction of sp³-hybridized carbons (Fsp3) is 0.562. The lowest BCUT2D eigenvalue weighted by Crippen LogP contribution is -2.32. The second-order valence-corrected chi connectivity index (χ2v) is 5.60. The minimum atomic E-state index is -0.129. The van der Waals surface area contributed by atoms with Crippen LogP contribution in [0.25, 0.3) is 0 Å². The molecule has 0 aliphatic heterocycles. The van der Waals surface area contributed by atoms with E-state index < -0.39 is 0 Å². The molecule has 1 aliphatic rings. The third-order valence-electron chi connectivity index (χ3n) is 3.77. The van der Waals surface area contributed by atoms with Gasteiger partial charge in [0.2, 0.25) is 5.91 Å². The maximum atomic E-state index is 11.9. The van der Waals surface area contributed by atoms with Gasteiger partial charge in [-0.05, 0) is 44.2 Å². The summed E-state index contributed by atoms with van der Waals surface area (Å²) in [4.78, 5) is 13.7. The van der Waals surface area contributed by atoms with Crippen LogP contribution in [0.5, 0.6) is 0 Å². The molecule has 1 aromatic heterocycles. The van der Waals surface area contributed by atoms with Crippen LogP contribution < -0.4 is 0 Å². The molecule has 0 fully saturated rings. The molecule has 4 nitrogen and oxygen atoms in total. The molecule has 1 aromatic rings. The number of nitrogens with zero attached hydrogens (tertiary/aromatic N) is 1. The van der Waals surface area contributed by atoms with Crippen molar-refractivity contribution >= 4 is 17.5 Å². The predicted molar refractivity (Wildman–Crippen MR) is 81.9 cm³/mol. The number of hydrogen-bond acceptors (Lipinski definition) is 3. The van der Waals surface area contributed by atoms with Crippen LogP contribution in [0.2, 0.25) is 0 Å². The van der Waals surface area contributed by atoms with Gasteiger partial charge in [-0.3, -0.25) is 4.79 Å². The lowest BCUT2D eigenvalue weighted by atomic mass is 9.97. The Morgan fingerprint density at radius 3 is 2.76 bits per heavy atom. The van der Waals surface area contributed by atoms with Crippen LogP contribution in [-0.2, 0) is 17.9 Å². The number of carbonyl (C=O) groups excluding carboxylic acids is 1. The van der Waals surface area contributed by atoms with E-state index in [9.17, 15) is 4.79 Å². The third kappa shape index (κ3) is 4.90. The molecule has 0 spiro atoms. The third-order valence-corrected chi connectivity index (χ3v) is 4.00. The molecule has 1 aliphatic carbocycles. The quantitative estimate of drug-likeness (QED) is 0.621. The van der Waals surface area contributed by atoms with Gasteiger partial charge in [0.15, 0.2) is 0 Å². The number of hydrogen-bond donors (Lipinski definition) is 1. The van der Waals surface area contributed by atoms with Crippen molar-refractivity contribution in [2.75, 3.05) is 12.4 Å². The Bertz CT molecular complexity index is 495. The number of aliphatic hydroxyl groups is 1. The number of allylic oxidation sites excluding steroid dienone is 1. The van der Waals surface area contributed by atoms with Gasteiger partial charge in [-0.1, -0.05) is 11.6 Å². The van der Waals surface area contributed by atoms with E-state index in [1.807, 2.05) is 0 Å². The van der Waals surface area contributed by atoms with Crippen molar-refractivity contribution in [1.29, 1.82) is 0 Å². The number of alkyl halides is 1. The maximum absolute atomic E-state index is 11.9. The van der Waals surface area contributed by atoms with Crippen molar-refractivity contribution in [3.8, 4) is 0 Å². The van der Waals surface area contributed by atoms with Gasteiger partial charge in [0.05, 0.1) is 6.54 Å². The summed E-state index contributed by atoms with van der Waals surface area (Å²) < 4.78 is 5.45. The Hall–Kier alpha value is -1.26. The Morgan fingerprint density at radius 2 is 2.14 bits per heavy atom. The second kappa shape index (κ2) is 8.25. The SMILES string of the molecule is O=C(CCl)N(CCC1=CCCCC1)Cc1ccc(CO)o1. The first-order valence-electron chi connectivity index (χ1n) is 7.43. The summed E-state index contributed by atoms with van der Waals surface area (Å²) in [6.45, 7) is 0.932. The highest BCUT2D eigenvalue weighted by Crippen LogP contribution is 2.21. The maximum Gasteiger partial charge on any atom is 0.237 e. The van der Waals surface area contributed by atoms with Crippen molar-refractivity contribution in [3.63, 3.8) is 0 Å². The molecule has 5 heteroatoms. The molecule has 0 unspecified atom stereocenters. The number of amides is 1. The van der Waals surface area contributed by atoms with Gasteiger partial charge in [-0.15, -0.1) is 11.6 Å². The van der Waals surface area contributed by atoms with Crippen LogP contribution in [0.3, 0.4) is 0 Å². The Morgan fingerprint density at radius 1 is 1.33 bits per heavy atom. The molecule has 2 rings (SSSR count). The molecule has 0 saturated carbocycles. The zero-order valence-corrected chi connectivity index (χ0v) is 12.9. The molecule has 0 bridgehead atoms. The lowest BCUT2D eigenvalue weighted by molar-refractivity contribution is -0.129. The van der Waals surface area contributed by atoms with E-state index in [-0.39, 0.29) is 18.4 Å². The molecule has 1 heterocycles. The van der Waals surface area contributed by atoms with Crippen LogP contribution in [0.4, 0.5) is 0 Å². The highest BCUT2D eigenvalue weighted by molar-refractivity contribution is 6.27. The molecular weight excluding hydrogens is 290 g/mol. The van der Waals surface area contributed by atoms with Crippen LogP contribution in [-0.4, -0.2) is 28.3 Å². The van der Waals surface area contributed by atoms with Crippen molar-refractivity contribution < 1.29 is 14.3 Å². The van der Waals surface area contributed by atoms with Crippen LogP contribution in [0, 0.1) is 0 Å². The van der Waals surface area contributed by atoms with Crippen LogP contribution >= 0.6 is 11.6 Å². The monoisotopic (exact) mass is 311 g/mol. The minimum Gasteiger partial charge on any atom is -0.462 e. The van der Waals surface area contributed by atoms with E-state index in [4.69, 9.17) is 21.1 Å². The summed E-state index contributed by atoms with van der Waals surface area (Å²) in [6, 6.07) is 3.52. The topological polar surface area (TPSA) is 53.7 Å². The van der Waals surface area contributed by atoms with Gasteiger partial charge >= 0.3 is 0 Å². The second-order valence-electron chi connectivity index (χ2n) is 5.33. The van der Waals surface area contributed by atoms with Crippen molar-refractivity contribution in [3.05, 3.63) is 35.3 Å². The summed E-state index contributed by atoms with van der Waals surface area (Å²) in [5.41, 5.74) is 1.43. The molecule has 0 saturated heterocycles. The fourth-order valence-corrected chi connectivity index (χ4v) is 2.74. The highest BCUT2D eigenvalue weighted by atomic mass is 35.5. The number of aliphatic hydroxyl groups excluding tert-OH is 1. The van der Waals surface area contributed by atoms with E-state index >= 15 is 0 Å². The van der Waals surface area contributed by atoms with Gasteiger partial charge in [-0.25, -0.2) is 0 Å². The van der Waals surface area contributed by atoms with Crippen molar-refractivity contribution in [2.45, 2.75) is 45.3 Å². The van der Waals surface area contributed by atoms with E-state index in [0.717, 1.165) is 19.3 Å². The summed E-state index contributed by atoms with van der Waals surface area (Å²) >= 11 is 5.69. The fourth-order valence-electron chi connectivity index (χ4n) is 2.57. The Kier molecular flexibility index (Phi) is 6.33. The van der Waals surface area contributed by atoms with Gasteiger partial charge in [-0.2, -0.15) is 0 Å². The predicted octanol–water partition coefficient (Wildman–Crippen LogP) is 3.23. The highest BCUT2D eigenvalue weighted by Gasteiger charge is 2.16. The van der Waals surface area contributed by atoms with Gasteiger partial charge in [0.1, 0.15) is 24.0 Å². The number of carbonyl (C=O) groups is 1. The summed E-state index contributed by atoms with van der Waals surface area (Å²) in [7, 11) is 0. The smallest absolute Gasteiger partial charge is 0.237 e. The van der Waals surface area contributed by atoms with Crippen molar-refractivity contribution in [1.82, 2.24) is 4.90 Å². The number of halogens is 1. The Balaban J connectivity index is 1.93. The van der Waals surface area contributed by atoms with Crippen LogP contribution in [0.1, 0.15) is 43.6 Å². The van der Waals surface area contributed by atoms with E-state index in [1.165, 1.54) is 18.4 Å². The molecule has 116 valence electrons. The van der Waals surface area contributed by atoms with Gasteiger partial charge in [0.25, 0.3) is 0 Å². The summed E-state index contributed by atoms with van der Waals surface area (Å²) in [5, 5.41) is 9.01. The zero-order chi connectivity index (χ0) is 15.1. The zero-order valence-electron chi connectivity index (χ0n) is 12.2. The first-order chi connectivity index (χ1) is 10.2. The average molecular weight is 312 g/mol. The standard InChI is InChI=1S/C16H22ClNO3/c17-10-16(20)18(9-8-13-4-2-1-3-5-13)11-14-6-7-15(12-19)21-14/h4,6-7,19H,1-3,5,8-12H2. The number of furan rings is 1. The summed E-state index contributed by atoms with van der Waals surface area (Å²) in [5.74, 6) is 1.08. The first kappa shape index (κ1) is 16.1. The van der Waals surface area contributed by atoms with Gasteiger partial charge < -0.3 is 14.4 Å². The molecule has 0 radical (unpaired) electrons.